The molecular formula is C11H16O3. The van der Waals surface area contributed by atoms with Crippen molar-refractivity contribution < 1.29 is 15.3 Å². The summed E-state index contributed by atoms with van der Waals surface area (Å²) in [7, 11) is 0. The molecule has 78 valence electrons. The summed E-state index contributed by atoms with van der Waals surface area (Å²) in [5.74, 6) is 0. The molecule has 3 heteroatoms. The Hall–Kier alpha value is -0.900. The highest BCUT2D eigenvalue weighted by atomic mass is 16.4. The minimum atomic E-state index is -1.35. The Morgan fingerprint density at radius 2 is 1.57 bits per heavy atom. The van der Waals surface area contributed by atoms with E-state index >= 15 is 0 Å². The Labute approximate surface area is 83.6 Å². The maximum atomic E-state index is 9.59. The van der Waals surface area contributed by atoms with Gasteiger partial charge in [-0.05, 0) is 18.4 Å². The highest BCUT2D eigenvalue weighted by molar-refractivity contribution is 5.15. The average Bonchev–Trinajstić information content (AvgIpc) is 2.27. The molecule has 0 spiro atoms. The second-order valence-electron chi connectivity index (χ2n) is 3.53. The first kappa shape index (κ1) is 11.2. The van der Waals surface area contributed by atoms with E-state index in [0.717, 1.165) is 5.56 Å². The Kier molecular flexibility index (Phi) is 4.07. The summed E-state index contributed by atoms with van der Waals surface area (Å²) in [5.41, 5.74) is -0.261. The van der Waals surface area contributed by atoms with Crippen LogP contribution in [0.4, 0.5) is 0 Å². The third-order valence-electron chi connectivity index (χ3n) is 2.31. The van der Waals surface area contributed by atoms with Crippen molar-refractivity contribution in [2.24, 2.45) is 0 Å². The van der Waals surface area contributed by atoms with Crippen molar-refractivity contribution in [3.8, 4) is 0 Å². The summed E-state index contributed by atoms with van der Waals surface area (Å²) in [6, 6.07) is 9.68. The van der Waals surface area contributed by atoms with Crippen molar-refractivity contribution in [1.29, 1.82) is 0 Å². The molecule has 0 saturated heterocycles. The normalized spacial score (nSPS) is 11.6. The van der Waals surface area contributed by atoms with Crippen LogP contribution in [0.5, 0.6) is 0 Å². The Morgan fingerprint density at radius 3 is 2.07 bits per heavy atom. The van der Waals surface area contributed by atoms with Gasteiger partial charge in [0.1, 0.15) is 5.60 Å². The number of rotatable bonds is 5. The SMILES string of the molecule is OCC(O)(CO)CCc1ccccc1. The molecular weight excluding hydrogens is 180 g/mol. The summed E-state index contributed by atoms with van der Waals surface area (Å²) in [5, 5.41) is 27.3. The van der Waals surface area contributed by atoms with Crippen molar-refractivity contribution >= 4 is 0 Å². The van der Waals surface area contributed by atoms with Crippen molar-refractivity contribution in [2.75, 3.05) is 13.2 Å². The van der Waals surface area contributed by atoms with Gasteiger partial charge in [-0.3, -0.25) is 0 Å². The predicted octanol–water partition coefficient (Wildman–Crippen LogP) is 0.335. The fourth-order valence-corrected chi connectivity index (χ4v) is 1.23. The van der Waals surface area contributed by atoms with E-state index in [9.17, 15) is 5.11 Å². The average molecular weight is 196 g/mol. The molecule has 0 aliphatic heterocycles. The zero-order chi connectivity index (χ0) is 10.4. The summed E-state index contributed by atoms with van der Waals surface area (Å²) in [6.07, 6.45) is 1.02. The summed E-state index contributed by atoms with van der Waals surface area (Å²) < 4.78 is 0. The van der Waals surface area contributed by atoms with E-state index in [-0.39, 0.29) is 0 Å². The van der Waals surface area contributed by atoms with Gasteiger partial charge in [-0.2, -0.15) is 0 Å². The third kappa shape index (κ3) is 3.10. The quantitative estimate of drug-likeness (QED) is 0.636. The van der Waals surface area contributed by atoms with Gasteiger partial charge < -0.3 is 15.3 Å². The first-order valence-corrected chi connectivity index (χ1v) is 4.68. The van der Waals surface area contributed by atoms with Gasteiger partial charge >= 0.3 is 0 Å². The van der Waals surface area contributed by atoms with Crippen LogP contribution in [0.15, 0.2) is 30.3 Å². The minimum Gasteiger partial charge on any atom is -0.393 e. The van der Waals surface area contributed by atoms with Crippen LogP contribution in [-0.4, -0.2) is 34.1 Å². The second kappa shape index (κ2) is 5.10. The predicted molar refractivity (Wildman–Crippen MR) is 53.9 cm³/mol. The van der Waals surface area contributed by atoms with E-state index in [1.165, 1.54) is 0 Å². The molecule has 0 saturated carbocycles. The van der Waals surface area contributed by atoms with E-state index < -0.39 is 18.8 Å². The molecule has 0 atom stereocenters. The van der Waals surface area contributed by atoms with Gasteiger partial charge in [0.2, 0.25) is 0 Å². The molecule has 0 amide bonds. The van der Waals surface area contributed by atoms with Crippen LogP contribution in [-0.2, 0) is 6.42 Å². The van der Waals surface area contributed by atoms with E-state index in [1.807, 2.05) is 30.3 Å². The molecule has 0 fully saturated rings. The van der Waals surface area contributed by atoms with E-state index in [1.54, 1.807) is 0 Å². The maximum Gasteiger partial charge on any atom is 0.111 e. The van der Waals surface area contributed by atoms with Gasteiger partial charge in [-0.1, -0.05) is 30.3 Å². The molecule has 3 N–H and O–H groups in total. The van der Waals surface area contributed by atoms with Gasteiger partial charge in [-0.25, -0.2) is 0 Å². The van der Waals surface area contributed by atoms with Gasteiger partial charge in [0.05, 0.1) is 13.2 Å². The minimum absolute atomic E-state index is 0.365. The van der Waals surface area contributed by atoms with Crippen LogP contribution in [0.1, 0.15) is 12.0 Å². The molecule has 14 heavy (non-hydrogen) atoms. The van der Waals surface area contributed by atoms with Crippen LogP contribution < -0.4 is 0 Å². The molecule has 3 nitrogen and oxygen atoms in total. The third-order valence-corrected chi connectivity index (χ3v) is 2.31. The zero-order valence-corrected chi connectivity index (χ0v) is 8.06. The van der Waals surface area contributed by atoms with Gasteiger partial charge in [0, 0.05) is 0 Å². The van der Waals surface area contributed by atoms with Gasteiger partial charge in [-0.15, -0.1) is 0 Å². The smallest absolute Gasteiger partial charge is 0.111 e. The summed E-state index contributed by atoms with van der Waals surface area (Å²) in [4.78, 5) is 0. The first-order valence-electron chi connectivity index (χ1n) is 4.68. The van der Waals surface area contributed by atoms with Crippen LogP contribution >= 0.6 is 0 Å². The molecule has 1 rings (SSSR count). The molecule has 0 heterocycles. The lowest BCUT2D eigenvalue weighted by molar-refractivity contribution is -0.0599. The number of aliphatic hydroxyl groups excluding tert-OH is 2. The van der Waals surface area contributed by atoms with E-state index in [2.05, 4.69) is 0 Å². The van der Waals surface area contributed by atoms with Crippen LogP contribution in [0, 0.1) is 0 Å². The maximum absolute atomic E-state index is 9.59. The van der Waals surface area contributed by atoms with Crippen LogP contribution in [0.2, 0.25) is 0 Å². The van der Waals surface area contributed by atoms with E-state index in [4.69, 9.17) is 10.2 Å². The summed E-state index contributed by atoms with van der Waals surface area (Å²) in [6.45, 7) is -0.813. The molecule has 0 unspecified atom stereocenters. The molecule has 0 bridgehead atoms. The van der Waals surface area contributed by atoms with Crippen LogP contribution in [0.25, 0.3) is 0 Å². The molecule has 0 aliphatic carbocycles. The Balaban J connectivity index is 2.48. The lowest BCUT2D eigenvalue weighted by Crippen LogP contribution is -2.37. The monoisotopic (exact) mass is 196 g/mol. The number of aliphatic hydroxyl groups is 3. The molecule has 1 aromatic rings. The molecule has 0 aromatic heterocycles. The lowest BCUT2D eigenvalue weighted by atomic mass is 9.97. The van der Waals surface area contributed by atoms with Crippen molar-refractivity contribution in [3.63, 3.8) is 0 Å². The number of hydrogen-bond donors (Lipinski definition) is 3. The molecule has 0 aliphatic rings. The van der Waals surface area contributed by atoms with Gasteiger partial charge in [0.25, 0.3) is 0 Å². The lowest BCUT2D eigenvalue weighted by Gasteiger charge is -2.22. The van der Waals surface area contributed by atoms with Crippen molar-refractivity contribution in [3.05, 3.63) is 35.9 Å². The first-order chi connectivity index (χ1) is 6.70. The van der Waals surface area contributed by atoms with Crippen molar-refractivity contribution in [2.45, 2.75) is 18.4 Å². The molecule has 0 radical (unpaired) electrons. The Bertz CT molecular complexity index is 254. The molecule has 1 aromatic carbocycles. The highest BCUT2D eigenvalue weighted by Crippen LogP contribution is 2.13. The standard InChI is InChI=1S/C11H16O3/c12-8-11(14,9-13)7-6-10-4-2-1-3-5-10/h1-5,12-14H,6-9H2. The number of hydrogen-bond acceptors (Lipinski definition) is 3. The Morgan fingerprint density at radius 1 is 1.00 bits per heavy atom. The fourth-order valence-electron chi connectivity index (χ4n) is 1.23. The highest BCUT2D eigenvalue weighted by Gasteiger charge is 2.24. The fraction of sp³-hybridized carbons (Fsp3) is 0.455. The van der Waals surface area contributed by atoms with Gasteiger partial charge in [0.15, 0.2) is 0 Å². The largest absolute Gasteiger partial charge is 0.393 e. The second-order valence-corrected chi connectivity index (χ2v) is 3.53. The number of aryl methyl sites for hydroxylation is 1. The summed E-state index contributed by atoms with van der Waals surface area (Å²) >= 11 is 0. The number of benzene rings is 1. The van der Waals surface area contributed by atoms with Crippen molar-refractivity contribution in [1.82, 2.24) is 0 Å². The zero-order valence-electron chi connectivity index (χ0n) is 8.06. The topological polar surface area (TPSA) is 60.7 Å². The van der Waals surface area contributed by atoms with E-state index in [0.29, 0.717) is 12.8 Å². The van der Waals surface area contributed by atoms with Crippen LogP contribution in [0.3, 0.4) is 0 Å².